The quantitative estimate of drug-likeness (QED) is 0.151. The van der Waals surface area contributed by atoms with E-state index in [2.05, 4.69) is 98.1 Å². The summed E-state index contributed by atoms with van der Waals surface area (Å²) in [5, 5.41) is 9.44. The van der Waals surface area contributed by atoms with Gasteiger partial charge in [-0.2, -0.15) is 0 Å². The Kier molecular flexibility index (Phi) is 13.4. The SMILES string of the molecule is C=C1C(C[C@@H]2O[C@H](C[C@H](C)CO[Si](C)(C)C(C)(C)C)[C@H](C)[C@H]2Cc2ccccc2)OC(CC[C@@H]2O[C@@H](CCCO)CC2=C)C[C@H]1C. The fourth-order valence-corrected chi connectivity index (χ4v) is 8.67. The van der Waals surface area contributed by atoms with Crippen LogP contribution in [-0.4, -0.2) is 63.3 Å². The third kappa shape index (κ3) is 9.89. The summed E-state index contributed by atoms with van der Waals surface area (Å²) in [6.45, 7) is 28.6. The van der Waals surface area contributed by atoms with Crippen molar-refractivity contribution >= 4 is 8.32 Å². The van der Waals surface area contributed by atoms with Gasteiger partial charge >= 0.3 is 0 Å². The Morgan fingerprint density at radius 2 is 1.65 bits per heavy atom. The van der Waals surface area contributed by atoms with Crippen LogP contribution in [0, 0.1) is 23.7 Å². The summed E-state index contributed by atoms with van der Waals surface area (Å²) in [4.78, 5) is 0. The van der Waals surface area contributed by atoms with E-state index in [4.69, 9.17) is 18.6 Å². The average molecular weight is 655 g/mol. The highest BCUT2D eigenvalue weighted by molar-refractivity contribution is 6.74. The van der Waals surface area contributed by atoms with Crippen LogP contribution >= 0.6 is 0 Å². The second-order valence-corrected chi connectivity index (χ2v) is 21.4. The van der Waals surface area contributed by atoms with Crippen LogP contribution in [0.25, 0.3) is 0 Å². The minimum absolute atomic E-state index is 0.00677. The number of benzene rings is 1. The molecule has 1 aromatic rings. The number of aliphatic hydroxyl groups is 1. The normalized spacial score (nSPS) is 33.1. The Hall–Kier alpha value is -1.28. The molecule has 5 nitrogen and oxygen atoms in total. The van der Waals surface area contributed by atoms with Crippen LogP contribution in [0.4, 0.5) is 0 Å². The first-order chi connectivity index (χ1) is 21.7. The zero-order chi connectivity index (χ0) is 33.6. The van der Waals surface area contributed by atoms with Crippen molar-refractivity contribution in [1.29, 1.82) is 0 Å². The highest BCUT2D eigenvalue weighted by atomic mass is 28.4. The standard InChI is InChI=1S/C40H66O5Si/c1-27(26-42-46(9,10)40(6,7)8)21-37-31(5)35(24-32-15-12-11-13-16-32)39(45-37)25-38-30(4)28(2)22-34(44-38)18-19-36-29(3)23-33(43-36)17-14-20-41/h11-13,15-16,27-28,31,33-39,41H,3-4,14,17-26H2,1-2,5-10H3/t27-,28+,31+,33-,34?,35+,36-,37+,38?,39-/m0/s1. The predicted octanol–water partition coefficient (Wildman–Crippen LogP) is 9.30. The summed E-state index contributed by atoms with van der Waals surface area (Å²) in [7, 11) is -1.79. The van der Waals surface area contributed by atoms with E-state index in [1.807, 2.05) is 0 Å². The van der Waals surface area contributed by atoms with Crippen molar-refractivity contribution in [1.82, 2.24) is 0 Å². The van der Waals surface area contributed by atoms with Crippen molar-refractivity contribution in [3.05, 3.63) is 60.2 Å². The molecule has 46 heavy (non-hydrogen) atoms. The molecule has 0 aliphatic carbocycles. The number of rotatable bonds is 15. The van der Waals surface area contributed by atoms with E-state index in [0.717, 1.165) is 64.4 Å². The van der Waals surface area contributed by atoms with Crippen molar-refractivity contribution in [2.45, 2.75) is 154 Å². The maximum atomic E-state index is 9.22. The van der Waals surface area contributed by atoms with Gasteiger partial charge in [0.25, 0.3) is 0 Å². The largest absolute Gasteiger partial charge is 0.417 e. The van der Waals surface area contributed by atoms with Crippen molar-refractivity contribution in [2.24, 2.45) is 23.7 Å². The summed E-state index contributed by atoms with van der Waals surface area (Å²) < 4.78 is 26.8. The molecule has 0 spiro atoms. The van der Waals surface area contributed by atoms with E-state index in [-0.39, 0.29) is 48.3 Å². The minimum atomic E-state index is -1.79. The molecule has 1 aromatic carbocycles. The van der Waals surface area contributed by atoms with Gasteiger partial charge in [0.05, 0.1) is 36.6 Å². The van der Waals surface area contributed by atoms with Crippen molar-refractivity contribution in [3.63, 3.8) is 0 Å². The van der Waals surface area contributed by atoms with E-state index >= 15 is 0 Å². The monoisotopic (exact) mass is 654 g/mol. The van der Waals surface area contributed by atoms with E-state index < -0.39 is 8.32 Å². The molecule has 260 valence electrons. The molecular weight excluding hydrogens is 589 g/mol. The Morgan fingerprint density at radius 3 is 2.33 bits per heavy atom. The number of aliphatic hydroxyl groups excluding tert-OH is 1. The Bertz CT molecular complexity index is 1110. The molecule has 10 atom stereocenters. The molecular formula is C40H66O5Si. The molecule has 6 heteroatoms. The van der Waals surface area contributed by atoms with Crippen molar-refractivity contribution < 1.29 is 23.7 Å². The first-order valence-electron chi connectivity index (χ1n) is 18.3. The zero-order valence-corrected chi connectivity index (χ0v) is 31.4. The highest BCUT2D eigenvalue weighted by Gasteiger charge is 2.45. The Balaban J connectivity index is 1.39. The highest BCUT2D eigenvalue weighted by Crippen LogP contribution is 2.43. The molecule has 0 bridgehead atoms. The molecule has 3 fully saturated rings. The van der Waals surface area contributed by atoms with Gasteiger partial charge in [0.15, 0.2) is 8.32 Å². The molecule has 0 aromatic heterocycles. The fourth-order valence-electron chi connectivity index (χ4n) is 7.54. The molecule has 0 radical (unpaired) electrons. The summed E-state index contributed by atoms with van der Waals surface area (Å²) in [6.07, 6.45) is 9.26. The topological polar surface area (TPSA) is 57.2 Å². The van der Waals surface area contributed by atoms with Gasteiger partial charge in [-0.1, -0.05) is 85.0 Å². The maximum absolute atomic E-state index is 9.22. The first-order valence-corrected chi connectivity index (χ1v) is 21.2. The molecule has 3 heterocycles. The van der Waals surface area contributed by atoms with Crippen molar-refractivity contribution in [2.75, 3.05) is 13.2 Å². The van der Waals surface area contributed by atoms with Gasteiger partial charge in [0.1, 0.15) is 0 Å². The summed E-state index contributed by atoms with van der Waals surface area (Å²) in [6, 6.07) is 10.9. The van der Waals surface area contributed by atoms with Gasteiger partial charge in [-0.25, -0.2) is 0 Å². The summed E-state index contributed by atoms with van der Waals surface area (Å²) >= 11 is 0. The van der Waals surface area contributed by atoms with Crippen molar-refractivity contribution in [3.8, 4) is 0 Å². The summed E-state index contributed by atoms with van der Waals surface area (Å²) in [5.41, 5.74) is 3.79. The molecule has 3 saturated heterocycles. The van der Waals surface area contributed by atoms with Crippen LogP contribution in [0.15, 0.2) is 54.6 Å². The van der Waals surface area contributed by atoms with E-state index in [0.29, 0.717) is 23.7 Å². The second-order valence-electron chi connectivity index (χ2n) is 16.6. The average Bonchev–Trinajstić information content (AvgIpc) is 3.49. The lowest BCUT2D eigenvalue weighted by Crippen LogP contribution is -2.42. The zero-order valence-electron chi connectivity index (χ0n) is 30.4. The lowest BCUT2D eigenvalue weighted by molar-refractivity contribution is -0.0747. The fraction of sp³-hybridized carbons (Fsp3) is 0.750. The summed E-state index contributed by atoms with van der Waals surface area (Å²) in [5.74, 6) is 1.75. The third-order valence-corrected chi connectivity index (χ3v) is 16.3. The molecule has 3 aliphatic rings. The molecule has 0 amide bonds. The smallest absolute Gasteiger partial charge is 0.191 e. The molecule has 0 saturated carbocycles. The maximum Gasteiger partial charge on any atom is 0.191 e. The number of ether oxygens (including phenoxy) is 3. The van der Waals surface area contributed by atoms with Crippen LogP contribution < -0.4 is 0 Å². The van der Waals surface area contributed by atoms with Crippen LogP contribution in [0.2, 0.25) is 18.1 Å². The lowest BCUT2D eigenvalue weighted by Gasteiger charge is -2.38. The molecule has 2 unspecified atom stereocenters. The Labute approximate surface area is 282 Å². The van der Waals surface area contributed by atoms with E-state index in [1.54, 1.807) is 0 Å². The lowest BCUT2D eigenvalue weighted by atomic mass is 9.78. The van der Waals surface area contributed by atoms with Gasteiger partial charge in [-0.15, -0.1) is 0 Å². The van der Waals surface area contributed by atoms with Gasteiger partial charge in [-0.3, -0.25) is 0 Å². The van der Waals surface area contributed by atoms with Crippen LogP contribution in [0.1, 0.15) is 98.5 Å². The Morgan fingerprint density at radius 1 is 0.957 bits per heavy atom. The third-order valence-electron chi connectivity index (χ3n) is 11.8. The second kappa shape index (κ2) is 16.4. The molecule has 1 N–H and O–H groups in total. The van der Waals surface area contributed by atoms with Crippen LogP contribution in [0.5, 0.6) is 0 Å². The molecule has 3 aliphatic heterocycles. The number of hydrogen-bond acceptors (Lipinski definition) is 5. The molecule has 4 rings (SSSR count). The van der Waals surface area contributed by atoms with Crippen LogP contribution in [0.3, 0.4) is 0 Å². The predicted molar refractivity (Wildman–Crippen MR) is 193 cm³/mol. The minimum Gasteiger partial charge on any atom is -0.417 e. The van der Waals surface area contributed by atoms with E-state index in [9.17, 15) is 5.11 Å². The van der Waals surface area contributed by atoms with Gasteiger partial charge in [-0.05, 0) is 110 Å². The van der Waals surface area contributed by atoms with Gasteiger partial charge in [0, 0.05) is 19.6 Å². The van der Waals surface area contributed by atoms with Gasteiger partial charge < -0.3 is 23.7 Å². The number of hydrogen-bond donors (Lipinski definition) is 1. The van der Waals surface area contributed by atoms with Crippen LogP contribution in [-0.2, 0) is 25.1 Å². The van der Waals surface area contributed by atoms with E-state index in [1.165, 1.54) is 16.7 Å². The van der Waals surface area contributed by atoms with Gasteiger partial charge in [0.2, 0.25) is 0 Å². The first kappa shape index (κ1) is 37.5.